The van der Waals surface area contributed by atoms with Gasteiger partial charge in [0.2, 0.25) is 5.91 Å². The van der Waals surface area contributed by atoms with Crippen LogP contribution in [0.1, 0.15) is 12.5 Å². The number of ether oxygens (including phenoxy) is 1. The van der Waals surface area contributed by atoms with Crippen molar-refractivity contribution in [3.05, 3.63) is 29.8 Å². The fourth-order valence-electron chi connectivity index (χ4n) is 1.66. The number of thioether (sulfide) groups is 1. The Labute approximate surface area is 123 Å². The van der Waals surface area contributed by atoms with Gasteiger partial charge in [-0.3, -0.25) is 15.0 Å². The predicted octanol–water partition coefficient (Wildman–Crippen LogP) is 2.11. The van der Waals surface area contributed by atoms with Crippen molar-refractivity contribution in [2.45, 2.75) is 18.4 Å². The van der Waals surface area contributed by atoms with Crippen molar-refractivity contribution in [2.75, 3.05) is 26.5 Å². The van der Waals surface area contributed by atoms with E-state index < -0.39 is 6.09 Å². The maximum absolute atomic E-state index is 11.6. The van der Waals surface area contributed by atoms with Crippen molar-refractivity contribution in [3.63, 3.8) is 0 Å². The van der Waals surface area contributed by atoms with E-state index in [4.69, 9.17) is 0 Å². The first-order valence-electron chi connectivity index (χ1n) is 6.33. The zero-order chi connectivity index (χ0) is 15.0. The Kier molecular flexibility index (Phi) is 7.11. The molecule has 0 spiro atoms. The van der Waals surface area contributed by atoms with Crippen LogP contribution in [-0.4, -0.2) is 43.4 Å². The first-order valence-corrected chi connectivity index (χ1v) is 7.55. The molecule has 0 aliphatic heterocycles. The molecule has 1 aromatic carbocycles. The molecule has 1 aromatic rings. The van der Waals surface area contributed by atoms with E-state index in [0.29, 0.717) is 6.54 Å². The van der Waals surface area contributed by atoms with E-state index in [0.717, 1.165) is 5.56 Å². The Hall–Kier alpha value is -1.53. The Morgan fingerprint density at radius 1 is 1.30 bits per heavy atom. The van der Waals surface area contributed by atoms with E-state index in [2.05, 4.69) is 10.1 Å². The number of alkyl carbamates (subject to hydrolysis) is 1. The lowest BCUT2D eigenvalue weighted by atomic mass is 10.2. The maximum atomic E-state index is 11.6. The van der Waals surface area contributed by atoms with Gasteiger partial charge in [-0.1, -0.05) is 12.1 Å². The summed E-state index contributed by atoms with van der Waals surface area (Å²) in [5, 5.41) is 2.17. The second-order valence-corrected chi connectivity index (χ2v) is 5.17. The third-order valence-corrected chi connectivity index (χ3v) is 3.29. The highest BCUT2D eigenvalue weighted by Gasteiger charge is 2.11. The standard InChI is InChI=1S/C14H20N2O3S/c1-4-19-14(18)15-13(17)10-16(2)9-11-5-7-12(20-3)8-6-11/h5-8H,4,9-10H2,1-3H3,(H,15,17,18). The molecule has 6 heteroatoms. The number of hydrogen-bond donors (Lipinski definition) is 1. The predicted molar refractivity (Wildman–Crippen MR) is 79.7 cm³/mol. The molecule has 0 radical (unpaired) electrons. The largest absolute Gasteiger partial charge is 0.450 e. The number of carbonyl (C=O) groups is 2. The SMILES string of the molecule is CCOC(=O)NC(=O)CN(C)Cc1ccc(SC)cc1. The maximum Gasteiger partial charge on any atom is 0.413 e. The third-order valence-electron chi connectivity index (χ3n) is 2.54. The summed E-state index contributed by atoms with van der Waals surface area (Å²) in [5.41, 5.74) is 1.12. The minimum atomic E-state index is -0.699. The average Bonchev–Trinajstić information content (AvgIpc) is 2.39. The smallest absolute Gasteiger partial charge is 0.413 e. The zero-order valence-corrected chi connectivity index (χ0v) is 12.8. The Morgan fingerprint density at radius 3 is 2.50 bits per heavy atom. The second kappa shape index (κ2) is 8.60. The first kappa shape index (κ1) is 16.5. The van der Waals surface area contributed by atoms with E-state index in [1.807, 2.05) is 42.5 Å². The van der Waals surface area contributed by atoms with Crippen LogP contribution in [0.5, 0.6) is 0 Å². The van der Waals surface area contributed by atoms with Gasteiger partial charge < -0.3 is 4.74 Å². The Balaban J connectivity index is 2.40. The average molecular weight is 296 g/mol. The summed E-state index contributed by atoms with van der Waals surface area (Å²) in [7, 11) is 1.83. The van der Waals surface area contributed by atoms with Gasteiger partial charge in [0.25, 0.3) is 0 Å². The lowest BCUT2D eigenvalue weighted by Crippen LogP contribution is -2.38. The van der Waals surface area contributed by atoms with Crippen molar-refractivity contribution in [1.82, 2.24) is 10.2 Å². The molecule has 0 fully saturated rings. The van der Waals surface area contributed by atoms with Gasteiger partial charge in [0.05, 0.1) is 13.2 Å². The number of hydrogen-bond acceptors (Lipinski definition) is 5. The van der Waals surface area contributed by atoms with Crippen molar-refractivity contribution in [3.8, 4) is 0 Å². The summed E-state index contributed by atoms with van der Waals surface area (Å²) in [6.45, 7) is 2.72. The molecule has 1 N–H and O–H groups in total. The minimum absolute atomic E-state index is 0.142. The number of nitrogens with one attached hydrogen (secondary N) is 1. The molecule has 20 heavy (non-hydrogen) atoms. The molecule has 110 valence electrons. The van der Waals surface area contributed by atoms with Crippen LogP contribution >= 0.6 is 11.8 Å². The molecule has 2 amide bonds. The Bertz CT molecular complexity index is 448. The summed E-state index contributed by atoms with van der Waals surface area (Å²) >= 11 is 1.69. The zero-order valence-electron chi connectivity index (χ0n) is 12.0. The van der Waals surface area contributed by atoms with E-state index >= 15 is 0 Å². The van der Waals surface area contributed by atoms with Gasteiger partial charge in [0.1, 0.15) is 0 Å². The fourth-order valence-corrected chi connectivity index (χ4v) is 2.07. The topological polar surface area (TPSA) is 58.6 Å². The van der Waals surface area contributed by atoms with Gasteiger partial charge in [-0.05, 0) is 37.9 Å². The van der Waals surface area contributed by atoms with E-state index in [1.165, 1.54) is 4.90 Å². The van der Waals surface area contributed by atoms with Crippen LogP contribution < -0.4 is 5.32 Å². The molecular weight excluding hydrogens is 276 g/mol. The van der Waals surface area contributed by atoms with E-state index in [-0.39, 0.29) is 19.1 Å². The van der Waals surface area contributed by atoms with E-state index in [1.54, 1.807) is 18.7 Å². The fraction of sp³-hybridized carbons (Fsp3) is 0.429. The van der Waals surface area contributed by atoms with Gasteiger partial charge in [0, 0.05) is 11.4 Å². The number of likely N-dealkylation sites (N-methyl/N-ethyl adjacent to an activating group) is 1. The number of rotatable bonds is 6. The third kappa shape index (κ3) is 6.08. The number of imide groups is 1. The quantitative estimate of drug-likeness (QED) is 0.815. The summed E-state index contributed by atoms with van der Waals surface area (Å²) < 4.78 is 4.65. The van der Waals surface area contributed by atoms with Crippen molar-refractivity contribution in [1.29, 1.82) is 0 Å². The molecule has 0 unspecified atom stereocenters. The number of amides is 2. The summed E-state index contributed by atoms with van der Waals surface area (Å²) in [4.78, 5) is 25.7. The normalized spacial score (nSPS) is 10.4. The molecular formula is C14H20N2O3S. The molecule has 0 saturated carbocycles. The Morgan fingerprint density at radius 2 is 1.95 bits per heavy atom. The molecule has 0 atom stereocenters. The highest BCUT2D eigenvalue weighted by atomic mass is 32.2. The number of carbonyl (C=O) groups excluding carboxylic acids is 2. The van der Waals surface area contributed by atoms with Crippen molar-refractivity contribution < 1.29 is 14.3 Å². The molecule has 5 nitrogen and oxygen atoms in total. The summed E-state index contributed by atoms with van der Waals surface area (Å²) in [5.74, 6) is -0.369. The number of benzene rings is 1. The van der Waals surface area contributed by atoms with Crippen molar-refractivity contribution in [2.24, 2.45) is 0 Å². The number of nitrogens with zero attached hydrogens (tertiary/aromatic N) is 1. The van der Waals surface area contributed by atoms with Crippen molar-refractivity contribution >= 4 is 23.8 Å². The molecule has 0 bridgehead atoms. The van der Waals surface area contributed by atoms with Crippen LogP contribution in [0.25, 0.3) is 0 Å². The van der Waals surface area contributed by atoms with Crippen LogP contribution in [0.3, 0.4) is 0 Å². The summed E-state index contributed by atoms with van der Waals surface area (Å²) in [6.07, 6.45) is 1.33. The van der Waals surface area contributed by atoms with E-state index in [9.17, 15) is 9.59 Å². The van der Waals surface area contributed by atoms with Gasteiger partial charge in [-0.25, -0.2) is 4.79 Å². The monoisotopic (exact) mass is 296 g/mol. The van der Waals surface area contributed by atoms with Crippen LogP contribution in [0.4, 0.5) is 4.79 Å². The highest BCUT2D eigenvalue weighted by Crippen LogP contribution is 2.15. The summed E-state index contributed by atoms with van der Waals surface area (Å²) in [6, 6.07) is 8.16. The molecule has 0 aliphatic carbocycles. The van der Waals surface area contributed by atoms with Gasteiger partial charge >= 0.3 is 6.09 Å². The minimum Gasteiger partial charge on any atom is -0.450 e. The van der Waals surface area contributed by atoms with Crippen LogP contribution in [0.2, 0.25) is 0 Å². The van der Waals surface area contributed by atoms with Crippen LogP contribution in [0, 0.1) is 0 Å². The van der Waals surface area contributed by atoms with Crippen LogP contribution in [-0.2, 0) is 16.1 Å². The van der Waals surface area contributed by atoms with Gasteiger partial charge in [-0.2, -0.15) is 0 Å². The molecule has 0 saturated heterocycles. The van der Waals surface area contributed by atoms with Gasteiger partial charge in [0.15, 0.2) is 0 Å². The van der Waals surface area contributed by atoms with Crippen LogP contribution in [0.15, 0.2) is 29.2 Å². The lowest BCUT2D eigenvalue weighted by Gasteiger charge is -2.16. The van der Waals surface area contributed by atoms with Gasteiger partial charge in [-0.15, -0.1) is 11.8 Å². The second-order valence-electron chi connectivity index (χ2n) is 4.29. The highest BCUT2D eigenvalue weighted by molar-refractivity contribution is 7.98. The lowest BCUT2D eigenvalue weighted by molar-refractivity contribution is -0.121. The first-order chi connectivity index (χ1) is 9.55. The molecule has 0 aliphatic rings. The molecule has 1 rings (SSSR count). The molecule has 0 heterocycles. The molecule has 0 aromatic heterocycles.